The van der Waals surface area contributed by atoms with E-state index in [0.29, 0.717) is 11.3 Å². The van der Waals surface area contributed by atoms with E-state index >= 15 is 0 Å². The molecule has 6 nitrogen and oxygen atoms in total. The minimum absolute atomic E-state index is 0.0683. The van der Waals surface area contributed by atoms with Crippen molar-refractivity contribution in [1.29, 1.82) is 0 Å². The van der Waals surface area contributed by atoms with Crippen molar-refractivity contribution in [2.75, 3.05) is 18.0 Å². The van der Waals surface area contributed by atoms with Gasteiger partial charge in [-0.25, -0.2) is 13.9 Å². The molecule has 2 N–H and O–H groups in total. The van der Waals surface area contributed by atoms with Crippen LogP contribution in [0.4, 0.5) is 10.2 Å². The molecule has 2 aromatic heterocycles. The number of aryl methyl sites for hydroxylation is 1. The molecule has 2 aliphatic rings. The van der Waals surface area contributed by atoms with Crippen molar-refractivity contribution >= 4 is 22.9 Å². The van der Waals surface area contributed by atoms with Gasteiger partial charge in [-0.1, -0.05) is 41.9 Å². The van der Waals surface area contributed by atoms with E-state index in [1.54, 1.807) is 22.8 Å². The summed E-state index contributed by atoms with van der Waals surface area (Å²) in [6, 6.07) is 14.6. The molecule has 2 aliphatic heterocycles. The lowest BCUT2D eigenvalue weighted by Crippen LogP contribution is -2.51. The van der Waals surface area contributed by atoms with Gasteiger partial charge in [-0.3, -0.25) is 0 Å². The Kier molecular flexibility index (Phi) is 4.61. The lowest BCUT2D eigenvalue weighted by Gasteiger charge is -2.41. The number of ether oxygens (including phenoxy) is 1. The van der Waals surface area contributed by atoms with E-state index in [-0.39, 0.29) is 16.7 Å². The minimum Gasteiger partial charge on any atom is -0.485 e. The summed E-state index contributed by atoms with van der Waals surface area (Å²) in [5, 5.41) is 4.58. The van der Waals surface area contributed by atoms with Crippen LogP contribution >= 0.6 is 11.6 Å². The zero-order valence-corrected chi connectivity index (χ0v) is 18.9. The molecule has 6 rings (SSSR count). The van der Waals surface area contributed by atoms with E-state index < -0.39 is 5.82 Å². The molecular formula is C25H23ClFN5O. The van der Waals surface area contributed by atoms with Crippen LogP contribution in [0.1, 0.15) is 30.1 Å². The number of para-hydroxylation sites is 1. The number of aromatic nitrogens is 3. The maximum Gasteiger partial charge on any atom is 0.155 e. The van der Waals surface area contributed by atoms with Crippen molar-refractivity contribution in [3.63, 3.8) is 0 Å². The third-order valence-corrected chi connectivity index (χ3v) is 7.33. The molecule has 1 saturated heterocycles. The van der Waals surface area contributed by atoms with Crippen LogP contribution in [0, 0.1) is 12.7 Å². The molecule has 0 radical (unpaired) electrons. The fourth-order valence-electron chi connectivity index (χ4n) is 5.21. The van der Waals surface area contributed by atoms with Gasteiger partial charge in [-0.2, -0.15) is 5.10 Å². The molecule has 4 heterocycles. The van der Waals surface area contributed by atoms with Crippen molar-refractivity contribution in [1.82, 2.24) is 14.6 Å². The highest BCUT2D eigenvalue weighted by Gasteiger charge is 2.48. The third-order valence-electron chi connectivity index (χ3n) is 6.95. The van der Waals surface area contributed by atoms with Crippen molar-refractivity contribution in [3.8, 4) is 17.0 Å². The lowest BCUT2D eigenvalue weighted by atomic mass is 9.83. The summed E-state index contributed by atoms with van der Waals surface area (Å²) in [6.45, 7) is 3.42. The first-order valence-corrected chi connectivity index (χ1v) is 11.4. The number of rotatable bonds is 2. The summed E-state index contributed by atoms with van der Waals surface area (Å²) in [4.78, 5) is 7.19. The van der Waals surface area contributed by atoms with Crippen molar-refractivity contribution in [2.24, 2.45) is 5.73 Å². The molecule has 4 aromatic rings. The fraction of sp³-hybridized carbons (Fsp3) is 0.280. The highest BCUT2D eigenvalue weighted by atomic mass is 35.5. The van der Waals surface area contributed by atoms with Gasteiger partial charge in [0.05, 0.1) is 28.6 Å². The summed E-state index contributed by atoms with van der Waals surface area (Å²) in [5.41, 5.74) is 10.2. The van der Waals surface area contributed by atoms with E-state index in [9.17, 15) is 4.39 Å². The summed E-state index contributed by atoms with van der Waals surface area (Å²) in [6.07, 6.45) is 3.32. The SMILES string of the molecule is Cc1nc(N2CCC3(CC2)Oc2ccccc2[C@H]3N)c2ccnn2c1-c1cccc(F)c1Cl. The van der Waals surface area contributed by atoms with Gasteiger partial charge >= 0.3 is 0 Å². The second kappa shape index (κ2) is 7.43. The molecule has 168 valence electrons. The van der Waals surface area contributed by atoms with Gasteiger partial charge in [-0.05, 0) is 25.1 Å². The summed E-state index contributed by atoms with van der Waals surface area (Å²) < 4.78 is 22.3. The number of piperidine rings is 1. The molecule has 1 spiro atoms. The number of nitrogens with two attached hydrogens (primary N) is 1. The van der Waals surface area contributed by atoms with Crippen LogP contribution in [0.25, 0.3) is 16.8 Å². The van der Waals surface area contributed by atoms with E-state index in [4.69, 9.17) is 27.1 Å². The first-order chi connectivity index (χ1) is 16.0. The predicted octanol–water partition coefficient (Wildman–Crippen LogP) is 4.93. The first-order valence-electron chi connectivity index (χ1n) is 11.1. The van der Waals surface area contributed by atoms with Gasteiger partial charge in [0.15, 0.2) is 5.82 Å². The largest absolute Gasteiger partial charge is 0.485 e. The van der Waals surface area contributed by atoms with Crippen LogP contribution in [-0.2, 0) is 0 Å². The molecule has 0 amide bonds. The van der Waals surface area contributed by atoms with Gasteiger partial charge in [0.2, 0.25) is 0 Å². The van der Waals surface area contributed by atoms with Gasteiger partial charge in [0.25, 0.3) is 0 Å². The molecule has 1 fully saturated rings. The van der Waals surface area contributed by atoms with Crippen LogP contribution in [-0.4, -0.2) is 33.3 Å². The monoisotopic (exact) mass is 463 g/mol. The summed E-state index contributed by atoms with van der Waals surface area (Å²) >= 11 is 6.30. The Morgan fingerprint density at radius 1 is 1.12 bits per heavy atom. The van der Waals surface area contributed by atoms with Gasteiger partial charge in [0, 0.05) is 37.1 Å². The van der Waals surface area contributed by atoms with Crippen LogP contribution in [0.5, 0.6) is 5.75 Å². The summed E-state index contributed by atoms with van der Waals surface area (Å²) in [7, 11) is 0. The van der Waals surface area contributed by atoms with Crippen LogP contribution in [0.15, 0.2) is 54.7 Å². The molecule has 33 heavy (non-hydrogen) atoms. The number of benzene rings is 2. The van der Waals surface area contributed by atoms with Gasteiger partial charge in [0.1, 0.15) is 22.7 Å². The molecule has 0 saturated carbocycles. The highest BCUT2D eigenvalue weighted by molar-refractivity contribution is 6.33. The molecule has 8 heteroatoms. The standard InChI is InChI=1S/C25H23ClFN5O/c1-15-22(17-6-4-7-18(27)21(17)26)32-19(9-12-29-32)24(30-15)31-13-10-25(11-14-31)23(28)16-5-2-3-8-20(16)33-25/h2-9,12,23H,10-11,13-14,28H2,1H3/t23-/m1/s1. The van der Waals surface area contributed by atoms with Gasteiger partial charge < -0.3 is 15.4 Å². The first kappa shape index (κ1) is 20.4. The van der Waals surface area contributed by atoms with E-state index in [2.05, 4.69) is 16.1 Å². The summed E-state index contributed by atoms with van der Waals surface area (Å²) in [5.74, 6) is 1.27. The fourth-order valence-corrected chi connectivity index (χ4v) is 5.42. The minimum atomic E-state index is -0.465. The average molecular weight is 464 g/mol. The maximum atomic E-state index is 14.2. The van der Waals surface area contributed by atoms with Crippen molar-refractivity contribution < 1.29 is 9.13 Å². The number of halogens is 2. The lowest BCUT2D eigenvalue weighted by molar-refractivity contribution is 0.0431. The number of anilines is 1. The van der Waals surface area contributed by atoms with E-state index in [0.717, 1.165) is 54.3 Å². The Bertz CT molecular complexity index is 1380. The number of hydrogen-bond donors (Lipinski definition) is 1. The smallest absolute Gasteiger partial charge is 0.155 e. The highest BCUT2D eigenvalue weighted by Crippen LogP contribution is 2.47. The topological polar surface area (TPSA) is 68.7 Å². The van der Waals surface area contributed by atoms with E-state index in [1.807, 2.05) is 31.2 Å². The number of hydrogen-bond acceptors (Lipinski definition) is 5. The number of nitrogens with zero attached hydrogens (tertiary/aromatic N) is 4. The molecule has 2 aromatic carbocycles. The van der Waals surface area contributed by atoms with Crippen molar-refractivity contribution in [2.45, 2.75) is 31.4 Å². The molecule has 0 bridgehead atoms. The molecule has 0 unspecified atom stereocenters. The van der Waals surface area contributed by atoms with Crippen molar-refractivity contribution in [3.05, 3.63) is 76.8 Å². The van der Waals surface area contributed by atoms with Gasteiger partial charge in [-0.15, -0.1) is 0 Å². The second-order valence-electron chi connectivity index (χ2n) is 8.77. The second-order valence-corrected chi connectivity index (χ2v) is 9.15. The Balaban J connectivity index is 1.34. The Morgan fingerprint density at radius 2 is 1.91 bits per heavy atom. The van der Waals surface area contributed by atoms with Crippen LogP contribution in [0.3, 0.4) is 0 Å². The molecular weight excluding hydrogens is 441 g/mol. The van der Waals surface area contributed by atoms with Crippen LogP contribution in [0.2, 0.25) is 5.02 Å². The third kappa shape index (κ3) is 3.03. The number of fused-ring (bicyclic) bond motifs is 2. The van der Waals surface area contributed by atoms with E-state index in [1.165, 1.54) is 6.07 Å². The Morgan fingerprint density at radius 3 is 2.70 bits per heavy atom. The quantitative estimate of drug-likeness (QED) is 0.456. The normalized spacial score (nSPS) is 19.2. The van der Waals surface area contributed by atoms with Crippen LogP contribution < -0.4 is 15.4 Å². The molecule has 0 aliphatic carbocycles. The molecule has 1 atom stereocenters. The zero-order chi connectivity index (χ0) is 22.7. The zero-order valence-electron chi connectivity index (χ0n) is 18.1. The average Bonchev–Trinajstić information content (AvgIpc) is 3.40. The maximum absolute atomic E-state index is 14.2. The Labute approximate surface area is 195 Å². The predicted molar refractivity (Wildman–Crippen MR) is 126 cm³/mol. The Hall–Kier alpha value is -3.16.